The quantitative estimate of drug-likeness (QED) is 0.942. The summed E-state index contributed by atoms with van der Waals surface area (Å²) >= 11 is 6.10. The highest BCUT2D eigenvalue weighted by Crippen LogP contribution is 2.26. The summed E-state index contributed by atoms with van der Waals surface area (Å²) in [5.41, 5.74) is 1.56. The molecule has 0 spiro atoms. The lowest BCUT2D eigenvalue weighted by Gasteiger charge is -2.11. The maximum absolute atomic E-state index is 12.3. The molecule has 2 aromatic rings. The van der Waals surface area contributed by atoms with E-state index in [0.29, 0.717) is 34.5 Å². The number of halogens is 1. The second-order valence-corrected chi connectivity index (χ2v) is 4.63. The van der Waals surface area contributed by atoms with Gasteiger partial charge in [-0.1, -0.05) is 23.7 Å². The van der Waals surface area contributed by atoms with Crippen LogP contribution in [0.15, 0.2) is 24.3 Å². The number of nitrogens with one attached hydrogen (secondary N) is 1. The molecule has 0 radical (unpaired) electrons. The van der Waals surface area contributed by atoms with Crippen molar-refractivity contribution in [2.45, 2.75) is 13.8 Å². The molecule has 0 unspecified atom stereocenters. The van der Waals surface area contributed by atoms with E-state index >= 15 is 0 Å². The number of hydrogen-bond acceptors (Lipinski definition) is 3. The molecule has 0 atom stereocenters. The highest BCUT2D eigenvalue weighted by molar-refractivity contribution is 6.34. The fraction of sp³-hybridized carbons (Fsp3) is 0.286. The molecular formula is C14H16ClN3O2. The second kappa shape index (κ2) is 5.96. The summed E-state index contributed by atoms with van der Waals surface area (Å²) in [6.45, 7) is 4.17. The van der Waals surface area contributed by atoms with E-state index in [1.165, 1.54) is 4.68 Å². The van der Waals surface area contributed by atoms with Crippen molar-refractivity contribution in [1.82, 2.24) is 9.78 Å². The van der Waals surface area contributed by atoms with Gasteiger partial charge in [-0.2, -0.15) is 5.10 Å². The number of aromatic nitrogens is 2. The van der Waals surface area contributed by atoms with Crippen molar-refractivity contribution in [3.8, 4) is 5.75 Å². The highest BCUT2D eigenvalue weighted by Gasteiger charge is 2.19. The lowest BCUT2D eigenvalue weighted by Crippen LogP contribution is -2.17. The molecule has 2 rings (SSSR count). The summed E-state index contributed by atoms with van der Waals surface area (Å²) in [4.78, 5) is 12.3. The zero-order valence-corrected chi connectivity index (χ0v) is 12.4. The Balaban J connectivity index is 2.28. The first-order valence-corrected chi connectivity index (χ1v) is 6.64. The van der Waals surface area contributed by atoms with Crippen molar-refractivity contribution in [3.63, 3.8) is 0 Å². The molecular weight excluding hydrogens is 278 g/mol. The largest absolute Gasteiger partial charge is 0.492 e. The number of para-hydroxylation sites is 2. The molecule has 0 bridgehead atoms. The summed E-state index contributed by atoms with van der Waals surface area (Å²) in [5, 5.41) is 7.28. The number of aryl methyl sites for hydroxylation is 2. The van der Waals surface area contributed by atoms with E-state index < -0.39 is 0 Å². The van der Waals surface area contributed by atoms with Gasteiger partial charge in [-0.15, -0.1) is 0 Å². The molecule has 1 aromatic carbocycles. The molecule has 1 heterocycles. The second-order valence-electron chi connectivity index (χ2n) is 4.25. The number of amides is 1. The summed E-state index contributed by atoms with van der Waals surface area (Å²) in [7, 11) is 1.68. The predicted molar refractivity (Wildman–Crippen MR) is 78.5 cm³/mol. The van der Waals surface area contributed by atoms with Crippen LogP contribution in [0.4, 0.5) is 5.69 Å². The smallest absolute Gasteiger partial charge is 0.275 e. The minimum atomic E-state index is -0.315. The molecule has 0 fully saturated rings. The fourth-order valence-electron chi connectivity index (χ4n) is 1.91. The standard InChI is InChI=1S/C14H16ClN3O2/c1-4-20-11-8-6-5-7-10(11)16-14(19)13-12(15)9(2)17-18(13)3/h5-8H,4H2,1-3H3,(H,16,19). The minimum absolute atomic E-state index is 0.315. The number of anilines is 1. The van der Waals surface area contributed by atoms with E-state index in [0.717, 1.165) is 0 Å². The van der Waals surface area contributed by atoms with Crippen molar-refractivity contribution in [2.24, 2.45) is 7.05 Å². The van der Waals surface area contributed by atoms with E-state index in [1.54, 1.807) is 26.1 Å². The number of ether oxygens (including phenoxy) is 1. The van der Waals surface area contributed by atoms with Crippen LogP contribution in [0.5, 0.6) is 5.75 Å². The van der Waals surface area contributed by atoms with Crippen LogP contribution in [0.3, 0.4) is 0 Å². The van der Waals surface area contributed by atoms with Crippen LogP contribution in [-0.2, 0) is 7.05 Å². The Kier molecular flexibility index (Phi) is 4.29. The van der Waals surface area contributed by atoms with Crippen molar-refractivity contribution in [2.75, 3.05) is 11.9 Å². The monoisotopic (exact) mass is 293 g/mol. The van der Waals surface area contributed by atoms with E-state index in [9.17, 15) is 4.79 Å². The first-order chi connectivity index (χ1) is 9.54. The van der Waals surface area contributed by atoms with Gasteiger partial charge in [0.25, 0.3) is 5.91 Å². The zero-order chi connectivity index (χ0) is 14.7. The Morgan fingerprint density at radius 1 is 1.45 bits per heavy atom. The van der Waals surface area contributed by atoms with E-state index in [2.05, 4.69) is 10.4 Å². The molecule has 0 saturated carbocycles. The molecule has 20 heavy (non-hydrogen) atoms. The third-order valence-corrected chi connectivity index (χ3v) is 3.25. The summed E-state index contributed by atoms with van der Waals surface area (Å²) < 4.78 is 6.94. The Morgan fingerprint density at radius 2 is 2.15 bits per heavy atom. The molecule has 6 heteroatoms. The van der Waals surface area contributed by atoms with Gasteiger partial charge in [-0.3, -0.25) is 9.48 Å². The van der Waals surface area contributed by atoms with Crippen LogP contribution in [0.2, 0.25) is 5.02 Å². The van der Waals surface area contributed by atoms with Crippen molar-refractivity contribution < 1.29 is 9.53 Å². The summed E-state index contributed by atoms with van der Waals surface area (Å²) in [6, 6.07) is 7.26. The van der Waals surface area contributed by atoms with Crippen molar-refractivity contribution in [3.05, 3.63) is 40.7 Å². The Hall–Kier alpha value is -2.01. The van der Waals surface area contributed by atoms with Gasteiger partial charge in [0.2, 0.25) is 0 Å². The molecule has 0 aliphatic rings. The van der Waals surface area contributed by atoms with E-state index in [4.69, 9.17) is 16.3 Å². The first kappa shape index (κ1) is 14.4. The Morgan fingerprint density at radius 3 is 2.75 bits per heavy atom. The first-order valence-electron chi connectivity index (χ1n) is 6.26. The van der Waals surface area contributed by atoms with Gasteiger partial charge in [0.15, 0.2) is 0 Å². The molecule has 0 aliphatic heterocycles. The number of carbonyl (C=O) groups is 1. The van der Waals surface area contributed by atoms with Crippen LogP contribution >= 0.6 is 11.6 Å². The number of carbonyl (C=O) groups excluding carboxylic acids is 1. The zero-order valence-electron chi connectivity index (χ0n) is 11.6. The fourth-order valence-corrected chi connectivity index (χ4v) is 2.16. The maximum atomic E-state index is 12.3. The number of nitrogens with zero attached hydrogens (tertiary/aromatic N) is 2. The lowest BCUT2D eigenvalue weighted by molar-refractivity contribution is 0.101. The maximum Gasteiger partial charge on any atom is 0.275 e. The average Bonchev–Trinajstić information content (AvgIpc) is 2.66. The Bertz CT molecular complexity index is 637. The highest BCUT2D eigenvalue weighted by atomic mass is 35.5. The summed E-state index contributed by atoms with van der Waals surface area (Å²) in [5.74, 6) is 0.309. The van der Waals surface area contributed by atoms with Gasteiger partial charge in [0.05, 0.1) is 23.0 Å². The van der Waals surface area contributed by atoms with E-state index in [1.807, 2.05) is 19.1 Å². The minimum Gasteiger partial charge on any atom is -0.492 e. The SMILES string of the molecule is CCOc1ccccc1NC(=O)c1c(Cl)c(C)nn1C. The third-order valence-electron chi connectivity index (χ3n) is 2.80. The number of hydrogen-bond donors (Lipinski definition) is 1. The molecule has 106 valence electrons. The van der Waals surface area contributed by atoms with Crippen LogP contribution in [-0.4, -0.2) is 22.3 Å². The lowest BCUT2D eigenvalue weighted by atomic mass is 10.2. The van der Waals surface area contributed by atoms with Crippen LogP contribution < -0.4 is 10.1 Å². The van der Waals surface area contributed by atoms with Gasteiger partial charge in [0.1, 0.15) is 11.4 Å². The third kappa shape index (κ3) is 2.77. The van der Waals surface area contributed by atoms with Gasteiger partial charge in [-0.25, -0.2) is 0 Å². The van der Waals surface area contributed by atoms with Gasteiger partial charge in [-0.05, 0) is 26.0 Å². The molecule has 1 amide bonds. The molecule has 1 N–H and O–H groups in total. The summed E-state index contributed by atoms with van der Waals surface area (Å²) in [6.07, 6.45) is 0. The van der Waals surface area contributed by atoms with Gasteiger partial charge in [0, 0.05) is 7.05 Å². The van der Waals surface area contributed by atoms with Crippen LogP contribution in [0.1, 0.15) is 23.1 Å². The molecule has 1 aromatic heterocycles. The number of rotatable bonds is 4. The van der Waals surface area contributed by atoms with Crippen molar-refractivity contribution in [1.29, 1.82) is 0 Å². The Labute approximate surface area is 122 Å². The van der Waals surface area contributed by atoms with E-state index in [-0.39, 0.29) is 5.91 Å². The normalized spacial score (nSPS) is 10.4. The van der Waals surface area contributed by atoms with Gasteiger partial charge < -0.3 is 10.1 Å². The molecule has 5 nitrogen and oxygen atoms in total. The topological polar surface area (TPSA) is 56.1 Å². The predicted octanol–water partition coefficient (Wildman–Crippen LogP) is 3.03. The average molecular weight is 294 g/mol. The number of benzene rings is 1. The van der Waals surface area contributed by atoms with Gasteiger partial charge >= 0.3 is 0 Å². The van der Waals surface area contributed by atoms with Crippen LogP contribution in [0, 0.1) is 6.92 Å². The van der Waals surface area contributed by atoms with Crippen molar-refractivity contribution >= 4 is 23.2 Å². The molecule has 0 aliphatic carbocycles. The van der Waals surface area contributed by atoms with Crippen LogP contribution in [0.25, 0.3) is 0 Å². The molecule has 0 saturated heterocycles.